The number of methoxy groups -OCH3 is 1. The number of ether oxygens (including phenoxy) is 1. The molecule has 1 amide bonds. The Kier molecular flexibility index (Phi) is 6.72. The lowest BCUT2D eigenvalue weighted by molar-refractivity contribution is -0.140. The summed E-state index contributed by atoms with van der Waals surface area (Å²) >= 11 is 6.32. The van der Waals surface area contributed by atoms with Crippen molar-refractivity contribution in [2.45, 2.75) is 19.9 Å². The Labute approximate surface area is 187 Å². The van der Waals surface area contributed by atoms with Crippen LogP contribution in [0, 0.1) is 13.8 Å². The fourth-order valence-corrected chi connectivity index (χ4v) is 4.24. The molecule has 0 radical (unpaired) electrons. The van der Waals surface area contributed by atoms with Crippen LogP contribution in [0.15, 0.2) is 42.0 Å². The zero-order chi connectivity index (χ0) is 22.9. The predicted molar refractivity (Wildman–Crippen MR) is 121 cm³/mol. The van der Waals surface area contributed by atoms with Crippen LogP contribution in [0.4, 0.5) is 0 Å². The Morgan fingerprint density at radius 2 is 1.87 bits per heavy atom. The van der Waals surface area contributed by atoms with Crippen LogP contribution in [0.2, 0.25) is 5.02 Å². The maximum atomic E-state index is 13.1. The van der Waals surface area contributed by atoms with Crippen LogP contribution in [0.1, 0.15) is 28.3 Å². The van der Waals surface area contributed by atoms with E-state index in [0.717, 1.165) is 16.7 Å². The first kappa shape index (κ1) is 22.8. The minimum Gasteiger partial charge on any atom is -0.507 e. The van der Waals surface area contributed by atoms with Gasteiger partial charge in [0.05, 0.1) is 29.3 Å². The summed E-state index contributed by atoms with van der Waals surface area (Å²) in [5.41, 5.74) is 2.83. The summed E-state index contributed by atoms with van der Waals surface area (Å²) in [7, 11) is 5.25. The highest BCUT2D eigenvalue weighted by atomic mass is 35.5. The van der Waals surface area contributed by atoms with E-state index >= 15 is 0 Å². The van der Waals surface area contributed by atoms with Gasteiger partial charge in [-0.25, -0.2) is 0 Å². The van der Waals surface area contributed by atoms with Crippen LogP contribution in [0.3, 0.4) is 0 Å². The van der Waals surface area contributed by atoms with Crippen molar-refractivity contribution < 1.29 is 19.4 Å². The standard InChI is InChI=1S/C24H27ClN2O4/c1-14-12-17(23(31-5)18(25)13-14)21(28)19-20(16-9-7-6-8-15(16)2)27(11-10-26(3)4)24(30)22(19)29/h6-9,12-13,20,28H,10-11H2,1-5H3/b21-19+. The molecule has 2 aromatic carbocycles. The van der Waals surface area contributed by atoms with Crippen molar-refractivity contribution in [1.29, 1.82) is 0 Å². The van der Waals surface area contributed by atoms with E-state index in [1.165, 1.54) is 12.0 Å². The highest BCUT2D eigenvalue weighted by Gasteiger charge is 2.46. The van der Waals surface area contributed by atoms with Gasteiger partial charge in [0.1, 0.15) is 11.5 Å². The summed E-state index contributed by atoms with van der Waals surface area (Å²) in [5.74, 6) is -1.38. The van der Waals surface area contributed by atoms with E-state index < -0.39 is 17.7 Å². The molecule has 2 aromatic rings. The van der Waals surface area contributed by atoms with Gasteiger partial charge in [-0.1, -0.05) is 35.9 Å². The van der Waals surface area contributed by atoms with Crippen molar-refractivity contribution in [3.63, 3.8) is 0 Å². The molecule has 1 heterocycles. The molecule has 0 saturated carbocycles. The number of amides is 1. The molecule has 7 heteroatoms. The average molecular weight is 443 g/mol. The number of aryl methyl sites for hydroxylation is 2. The summed E-state index contributed by atoms with van der Waals surface area (Å²) in [5, 5.41) is 11.6. The molecule has 1 unspecified atom stereocenters. The van der Waals surface area contributed by atoms with Gasteiger partial charge >= 0.3 is 0 Å². The number of hydrogen-bond donors (Lipinski definition) is 1. The van der Waals surface area contributed by atoms with Crippen LogP contribution < -0.4 is 4.74 Å². The van der Waals surface area contributed by atoms with Gasteiger partial charge < -0.3 is 19.6 Å². The molecule has 0 aliphatic carbocycles. The Hall–Kier alpha value is -2.83. The number of likely N-dealkylation sites (tertiary alicyclic amines) is 1. The molecule has 1 atom stereocenters. The van der Waals surface area contributed by atoms with Gasteiger partial charge in [0.15, 0.2) is 0 Å². The third-order valence-electron chi connectivity index (χ3n) is 5.46. The number of carbonyl (C=O) groups is 2. The lowest BCUT2D eigenvalue weighted by Crippen LogP contribution is -2.35. The molecule has 1 fully saturated rings. The zero-order valence-corrected chi connectivity index (χ0v) is 19.2. The second-order valence-corrected chi connectivity index (χ2v) is 8.39. The first-order valence-corrected chi connectivity index (χ1v) is 10.4. The van der Waals surface area contributed by atoms with Gasteiger partial charge in [-0.2, -0.15) is 0 Å². The van der Waals surface area contributed by atoms with Crippen LogP contribution in [0.5, 0.6) is 5.75 Å². The number of aliphatic hydroxyl groups is 1. The Balaban J connectivity index is 2.27. The molecule has 1 saturated heterocycles. The van der Waals surface area contributed by atoms with E-state index in [1.54, 1.807) is 12.1 Å². The predicted octanol–water partition coefficient (Wildman–Crippen LogP) is 3.95. The largest absolute Gasteiger partial charge is 0.507 e. The van der Waals surface area contributed by atoms with Gasteiger partial charge in [-0.3, -0.25) is 9.59 Å². The van der Waals surface area contributed by atoms with Crippen LogP contribution in [-0.4, -0.2) is 60.9 Å². The minimum atomic E-state index is -0.718. The van der Waals surface area contributed by atoms with Crippen LogP contribution in [-0.2, 0) is 9.59 Å². The molecule has 0 aromatic heterocycles. The molecule has 1 N–H and O–H groups in total. The number of hydrogen-bond acceptors (Lipinski definition) is 5. The van der Waals surface area contributed by atoms with E-state index in [-0.39, 0.29) is 22.6 Å². The molecule has 31 heavy (non-hydrogen) atoms. The number of benzene rings is 2. The Morgan fingerprint density at radius 1 is 1.19 bits per heavy atom. The van der Waals surface area contributed by atoms with E-state index in [4.69, 9.17) is 16.3 Å². The van der Waals surface area contributed by atoms with E-state index in [1.807, 2.05) is 57.1 Å². The number of aliphatic hydroxyl groups excluding tert-OH is 1. The van der Waals surface area contributed by atoms with Crippen molar-refractivity contribution in [2.75, 3.05) is 34.3 Å². The van der Waals surface area contributed by atoms with Crippen molar-refractivity contribution in [1.82, 2.24) is 9.80 Å². The van der Waals surface area contributed by atoms with Crippen LogP contribution >= 0.6 is 11.6 Å². The molecule has 1 aliphatic rings. The lowest BCUT2D eigenvalue weighted by Gasteiger charge is -2.27. The smallest absolute Gasteiger partial charge is 0.295 e. The summed E-state index contributed by atoms with van der Waals surface area (Å²) in [4.78, 5) is 29.6. The molecular formula is C24H27ClN2O4. The first-order valence-electron chi connectivity index (χ1n) is 10.0. The normalized spacial score (nSPS) is 18.2. The van der Waals surface area contributed by atoms with Gasteiger partial charge in [0, 0.05) is 13.1 Å². The summed E-state index contributed by atoms with van der Waals surface area (Å²) in [6.07, 6.45) is 0. The van der Waals surface area contributed by atoms with Crippen LogP contribution in [0.25, 0.3) is 5.76 Å². The quantitative estimate of drug-likeness (QED) is 0.416. The maximum absolute atomic E-state index is 13.1. The molecule has 0 bridgehead atoms. The molecule has 0 spiro atoms. The average Bonchev–Trinajstić information content (AvgIpc) is 2.96. The van der Waals surface area contributed by atoms with Crippen molar-refractivity contribution in [3.05, 3.63) is 69.2 Å². The SMILES string of the molecule is COc1c(Cl)cc(C)cc1/C(O)=C1\C(=O)C(=O)N(CCN(C)C)C1c1ccccc1C. The monoisotopic (exact) mass is 442 g/mol. The molecule has 3 rings (SSSR count). The molecule has 1 aliphatic heterocycles. The van der Waals surface area contributed by atoms with Gasteiger partial charge in [0.25, 0.3) is 11.7 Å². The minimum absolute atomic E-state index is 0.0398. The second-order valence-electron chi connectivity index (χ2n) is 7.98. The lowest BCUT2D eigenvalue weighted by atomic mass is 9.92. The number of likely N-dealkylation sites (N-methyl/N-ethyl adjacent to an activating group) is 1. The van der Waals surface area contributed by atoms with Crippen molar-refractivity contribution in [2.24, 2.45) is 0 Å². The number of Topliss-reactive ketones (excluding diaryl/α,β-unsaturated/α-hetero) is 1. The molecule has 6 nitrogen and oxygen atoms in total. The zero-order valence-electron chi connectivity index (χ0n) is 18.4. The number of ketones is 1. The number of rotatable bonds is 6. The summed E-state index contributed by atoms with van der Waals surface area (Å²) < 4.78 is 5.40. The van der Waals surface area contributed by atoms with Gasteiger partial charge in [-0.05, 0) is 56.8 Å². The van der Waals surface area contributed by atoms with Crippen molar-refractivity contribution in [3.8, 4) is 5.75 Å². The fraction of sp³-hybridized carbons (Fsp3) is 0.333. The molecular weight excluding hydrogens is 416 g/mol. The number of carbonyl (C=O) groups excluding carboxylic acids is 2. The second kappa shape index (κ2) is 9.12. The van der Waals surface area contributed by atoms with Gasteiger partial charge in [0.2, 0.25) is 0 Å². The highest BCUT2D eigenvalue weighted by molar-refractivity contribution is 6.46. The third kappa shape index (κ3) is 4.31. The van der Waals surface area contributed by atoms with E-state index in [9.17, 15) is 14.7 Å². The maximum Gasteiger partial charge on any atom is 0.295 e. The van der Waals surface area contributed by atoms with Gasteiger partial charge in [-0.15, -0.1) is 0 Å². The highest BCUT2D eigenvalue weighted by Crippen LogP contribution is 2.43. The number of halogens is 1. The Morgan fingerprint density at radius 3 is 2.48 bits per heavy atom. The van der Waals surface area contributed by atoms with E-state index in [2.05, 4.69) is 0 Å². The van der Waals surface area contributed by atoms with Crippen molar-refractivity contribution >= 4 is 29.1 Å². The topological polar surface area (TPSA) is 70.1 Å². The third-order valence-corrected chi connectivity index (χ3v) is 5.74. The summed E-state index contributed by atoms with van der Waals surface area (Å²) in [6, 6.07) is 10.3. The Bertz CT molecular complexity index is 1060. The fourth-order valence-electron chi connectivity index (χ4n) is 3.89. The summed E-state index contributed by atoms with van der Waals surface area (Å²) in [6.45, 7) is 4.68. The van der Waals surface area contributed by atoms with E-state index in [0.29, 0.717) is 18.1 Å². The number of nitrogens with zero attached hydrogens (tertiary/aromatic N) is 2. The first-order chi connectivity index (χ1) is 14.7. The molecule has 164 valence electrons.